The number of hydrogen-bond acceptors (Lipinski definition) is 4. The van der Waals surface area contributed by atoms with Crippen molar-refractivity contribution in [2.45, 2.75) is 39.0 Å². The second-order valence-electron chi connectivity index (χ2n) is 8.14. The molecule has 1 aromatic heterocycles. The molecule has 27 heavy (non-hydrogen) atoms. The summed E-state index contributed by atoms with van der Waals surface area (Å²) in [6, 6.07) is 5.91. The van der Waals surface area contributed by atoms with Gasteiger partial charge in [-0.2, -0.15) is 0 Å². The van der Waals surface area contributed by atoms with Crippen LogP contribution in [0.5, 0.6) is 0 Å². The van der Waals surface area contributed by atoms with Gasteiger partial charge in [0.1, 0.15) is 0 Å². The van der Waals surface area contributed by atoms with E-state index in [9.17, 15) is 9.59 Å². The fourth-order valence-corrected chi connectivity index (χ4v) is 4.30. The van der Waals surface area contributed by atoms with E-state index < -0.39 is 0 Å². The van der Waals surface area contributed by atoms with Gasteiger partial charge in [-0.05, 0) is 45.0 Å². The normalized spacial score (nSPS) is 23.3. The molecule has 2 saturated heterocycles. The van der Waals surface area contributed by atoms with Gasteiger partial charge >= 0.3 is 0 Å². The maximum absolute atomic E-state index is 12.6. The molecule has 6 nitrogen and oxygen atoms in total. The molecule has 1 atom stereocenters. The zero-order valence-electron chi connectivity index (χ0n) is 16.7. The molecule has 1 spiro atoms. The van der Waals surface area contributed by atoms with E-state index in [-0.39, 0.29) is 17.2 Å². The highest BCUT2D eigenvalue weighted by atomic mass is 16.2. The van der Waals surface area contributed by atoms with E-state index in [0.29, 0.717) is 19.5 Å². The lowest BCUT2D eigenvalue weighted by atomic mass is 9.73. The van der Waals surface area contributed by atoms with E-state index in [2.05, 4.69) is 11.9 Å². The highest BCUT2D eigenvalue weighted by Crippen LogP contribution is 2.39. The van der Waals surface area contributed by atoms with Crippen molar-refractivity contribution in [3.05, 3.63) is 30.1 Å². The molecule has 1 aromatic rings. The molecule has 0 N–H and O–H groups in total. The third-order valence-corrected chi connectivity index (χ3v) is 6.07. The van der Waals surface area contributed by atoms with Crippen LogP contribution in [0.3, 0.4) is 0 Å². The minimum Gasteiger partial charge on any atom is -0.342 e. The Balaban J connectivity index is 1.61. The standard InChI is InChI=1S/C21H32N4O2/c1-3-23(2)15-20(27)24-13-6-10-21(16-24)11-8-19(26)25(17-21)14-9-18-7-4-5-12-22-18/h4-5,7,12H,3,6,8-11,13-17H2,1-2H3/t21-/m1/s1. The zero-order chi connectivity index (χ0) is 19.3. The summed E-state index contributed by atoms with van der Waals surface area (Å²) in [6.45, 7) is 6.54. The molecule has 0 saturated carbocycles. The van der Waals surface area contributed by atoms with E-state index in [0.717, 1.165) is 57.6 Å². The number of nitrogens with zero attached hydrogens (tertiary/aromatic N) is 4. The van der Waals surface area contributed by atoms with Gasteiger partial charge in [0.2, 0.25) is 11.8 Å². The SMILES string of the molecule is CCN(C)CC(=O)N1CCC[C@@]2(CCC(=O)N(CCc3ccccn3)C2)C1. The Bertz CT molecular complexity index is 651. The number of likely N-dealkylation sites (N-methyl/N-ethyl adjacent to an activating group) is 1. The van der Waals surface area contributed by atoms with Crippen LogP contribution < -0.4 is 0 Å². The number of piperidine rings is 2. The number of pyridine rings is 1. The third kappa shape index (κ3) is 5.06. The molecular formula is C21H32N4O2. The summed E-state index contributed by atoms with van der Waals surface area (Å²) in [4.78, 5) is 35.6. The third-order valence-electron chi connectivity index (χ3n) is 6.07. The lowest BCUT2D eigenvalue weighted by Crippen LogP contribution is -2.56. The fourth-order valence-electron chi connectivity index (χ4n) is 4.30. The number of amides is 2. The molecule has 0 aromatic carbocycles. The molecule has 2 amide bonds. The van der Waals surface area contributed by atoms with Gasteiger partial charge in [0.05, 0.1) is 6.54 Å². The summed E-state index contributed by atoms with van der Waals surface area (Å²) in [5, 5.41) is 0. The second kappa shape index (κ2) is 8.83. The summed E-state index contributed by atoms with van der Waals surface area (Å²) < 4.78 is 0. The fraction of sp³-hybridized carbons (Fsp3) is 0.667. The topological polar surface area (TPSA) is 56.8 Å². The summed E-state index contributed by atoms with van der Waals surface area (Å²) in [5.74, 6) is 0.459. The number of rotatable bonds is 6. The van der Waals surface area contributed by atoms with Crippen molar-refractivity contribution < 1.29 is 9.59 Å². The molecule has 2 fully saturated rings. The van der Waals surface area contributed by atoms with E-state index >= 15 is 0 Å². The van der Waals surface area contributed by atoms with Gasteiger partial charge in [0.15, 0.2) is 0 Å². The Morgan fingerprint density at radius 3 is 2.89 bits per heavy atom. The Hall–Kier alpha value is -1.95. The first-order valence-corrected chi connectivity index (χ1v) is 10.2. The highest BCUT2D eigenvalue weighted by Gasteiger charge is 2.42. The molecule has 0 unspecified atom stereocenters. The second-order valence-corrected chi connectivity index (χ2v) is 8.14. The smallest absolute Gasteiger partial charge is 0.236 e. The van der Waals surface area contributed by atoms with Gasteiger partial charge < -0.3 is 9.80 Å². The molecule has 3 rings (SSSR count). The van der Waals surface area contributed by atoms with Gasteiger partial charge in [-0.1, -0.05) is 13.0 Å². The van der Waals surface area contributed by atoms with E-state index in [1.54, 1.807) is 6.20 Å². The lowest BCUT2D eigenvalue weighted by molar-refractivity contribution is -0.143. The van der Waals surface area contributed by atoms with Gasteiger partial charge in [0, 0.05) is 56.3 Å². The van der Waals surface area contributed by atoms with Crippen molar-refractivity contribution in [1.82, 2.24) is 19.7 Å². The van der Waals surface area contributed by atoms with Gasteiger partial charge in [-0.15, -0.1) is 0 Å². The summed E-state index contributed by atoms with van der Waals surface area (Å²) >= 11 is 0. The lowest BCUT2D eigenvalue weighted by Gasteiger charge is -2.48. The quantitative estimate of drug-likeness (QED) is 0.764. The molecule has 6 heteroatoms. The van der Waals surface area contributed by atoms with Gasteiger partial charge in [0.25, 0.3) is 0 Å². The summed E-state index contributed by atoms with van der Waals surface area (Å²) in [5.41, 5.74) is 1.09. The Kier molecular flexibility index (Phi) is 6.47. The van der Waals surface area contributed by atoms with Crippen LogP contribution in [-0.2, 0) is 16.0 Å². The van der Waals surface area contributed by atoms with Crippen LogP contribution in [0, 0.1) is 5.41 Å². The molecule has 148 valence electrons. The number of carbonyl (C=O) groups is 2. The van der Waals surface area contributed by atoms with Gasteiger partial charge in [-0.3, -0.25) is 19.5 Å². The molecule has 0 radical (unpaired) electrons. The first-order chi connectivity index (χ1) is 13.0. The first-order valence-electron chi connectivity index (χ1n) is 10.2. The van der Waals surface area contributed by atoms with Gasteiger partial charge in [-0.25, -0.2) is 0 Å². The van der Waals surface area contributed by atoms with Crippen LogP contribution >= 0.6 is 0 Å². The first kappa shape index (κ1) is 19.8. The van der Waals surface area contributed by atoms with Crippen LogP contribution in [0.15, 0.2) is 24.4 Å². The maximum atomic E-state index is 12.6. The zero-order valence-corrected chi connectivity index (χ0v) is 16.7. The van der Waals surface area contributed by atoms with Crippen molar-refractivity contribution in [2.75, 3.05) is 46.3 Å². The van der Waals surface area contributed by atoms with Crippen LogP contribution in [0.2, 0.25) is 0 Å². The van der Waals surface area contributed by atoms with Crippen LogP contribution in [0.25, 0.3) is 0 Å². The van der Waals surface area contributed by atoms with E-state index in [1.165, 1.54) is 0 Å². The number of aromatic nitrogens is 1. The van der Waals surface area contributed by atoms with Crippen molar-refractivity contribution in [1.29, 1.82) is 0 Å². The number of hydrogen-bond donors (Lipinski definition) is 0. The van der Waals surface area contributed by atoms with Crippen molar-refractivity contribution in [2.24, 2.45) is 5.41 Å². The molecule has 3 heterocycles. The van der Waals surface area contributed by atoms with E-state index in [1.807, 2.05) is 39.9 Å². The molecule has 0 bridgehead atoms. The largest absolute Gasteiger partial charge is 0.342 e. The van der Waals surface area contributed by atoms with Crippen LogP contribution in [0.4, 0.5) is 0 Å². The van der Waals surface area contributed by atoms with E-state index in [4.69, 9.17) is 0 Å². The Labute approximate surface area is 162 Å². The van der Waals surface area contributed by atoms with Crippen molar-refractivity contribution in [3.63, 3.8) is 0 Å². The molecular weight excluding hydrogens is 340 g/mol. The predicted molar refractivity (Wildman–Crippen MR) is 105 cm³/mol. The molecule has 0 aliphatic carbocycles. The Morgan fingerprint density at radius 2 is 2.15 bits per heavy atom. The average molecular weight is 373 g/mol. The van der Waals surface area contributed by atoms with Crippen LogP contribution in [-0.4, -0.2) is 77.8 Å². The minimum atomic E-state index is 0.0662. The Morgan fingerprint density at radius 1 is 1.30 bits per heavy atom. The molecule has 2 aliphatic rings. The molecule has 2 aliphatic heterocycles. The summed E-state index contributed by atoms with van der Waals surface area (Å²) in [6.07, 6.45) is 6.22. The maximum Gasteiger partial charge on any atom is 0.236 e. The predicted octanol–water partition coefficient (Wildman–Crippen LogP) is 1.81. The average Bonchev–Trinajstić information content (AvgIpc) is 2.69. The minimum absolute atomic E-state index is 0.0662. The monoisotopic (exact) mass is 372 g/mol. The summed E-state index contributed by atoms with van der Waals surface area (Å²) in [7, 11) is 1.98. The highest BCUT2D eigenvalue weighted by molar-refractivity contribution is 5.79. The van der Waals surface area contributed by atoms with Crippen LogP contribution in [0.1, 0.15) is 38.3 Å². The van der Waals surface area contributed by atoms with Crippen molar-refractivity contribution in [3.8, 4) is 0 Å². The number of likely N-dealkylation sites (tertiary alicyclic amines) is 2. The van der Waals surface area contributed by atoms with Crippen molar-refractivity contribution >= 4 is 11.8 Å². The number of carbonyl (C=O) groups excluding carboxylic acids is 2.